The van der Waals surface area contributed by atoms with Gasteiger partial charge in [-0.1, -0.05) is 12.7 Å². The van der Waals surface area contributed by atoms with Crippen LogP contribution in [0.5, 0.6) is 0 Å². The Hall–Kier alpha value is -1.44. The molecular weight excluding hydrogens is 160 g/mol. The molecule has 0 heterocycles. The van der Waals surface area contributed by atoms with Gasteiger partial charge in [0.2, 0.25) is 0 Å². The molecule has 70 valence electrons. The largest absolute Gasteiger partial charge is 0.398 e. The van der Waals surface area contributed by atoms with Crippen LogP contribution in [0.2, 0.25) is 0 Å². The number of nitrogen functional groups attached to an aromatic ring is 1. The average molecular weight is 176 g/mol. The minimum absolute atomic E-state index is 0.821. The Morgan fingerprint density at radius 3 is 2.77 bits per heavy atom. The third-order valence-electron chi connectivity index (χ3n) is 2.03. The predicted octanol–water partition coefficient (Wildman–Crippen LogP) is 2.65. The highest BCUT2D eigenvalue weighted by atomic mass is 14.9. The number of hydrogen-bond donors (Lipinski definition) is 2. The molecule has 0 amide bonds. The summed E-state index contributed by atoms with van der Waals surface area (Å²) >= 11 is 0. The first kappa shape index (κ1) is 9.65. The molecule has 13 heavy (non-hydrogen) atoms. The normalized spacial score (nSPS) is 9.69. The number of hydrogen-bond acceptors (Lipinski definition) is 2. The summed E-state index contributed by atoms with van der Waals surface area (Å²) in [5.74, 6) is 0. The van der Waals surface area contributed by atoms with Crippen LogP contribution in [0.4, 0.5) is 11.4 Å². The van der Waals surface area contributed by atoms with E-state index in [1.54, 1.807) is 0 Å². The lowest BCUT2D eigenvalue weighted by Gasteiger charge is -2.10. The highest BCUT2D eigenvalue weighted by molar-refractivity contribution is 5.71. The lowest BCUT2D eigenvalue weighted by molar-refractivity contribution is 1.21. The van der Waals surface area contributed by atoms with Gasteiger partial charge in [0.15, 0.2) is 0 Å². The molecule has 0 spiro atoms. The lowest BCUT2D eigenvalue weighted by atomic mass is 10.1. The summed E-state index contributed by atoms with van der Waals surface area (Å²) in [5.41, 5.74) is 9.88. The van der Waals surface area contributed by atoms with Crippen molar-refractivity contribution in [2.24, 2.45) is 0 Å². The van der Waals surface area contributed by atoms with Gasteiger partial charge in [-0.05, 0) is 37.1 Å². The molecule has 0 atom stereocenters. The molecule has 2 nitrogen and oxygen atoms in total. The summed E-state index contributed by atoms with van der Waals surface area (Å²) in [5, 5.41) is 3.24. The van der Waals surface area contributed by atoms with Gasteiger partial charge in [0.1, 0.15) is 0 Å². The van der Waals surface area contributed by atoms with Gasteiger partial charge in [0, 0.05) is 17.9 Å². The summed E-state index contributed by atoms with van der Waals surface area (Å²) in [6.07, 6.45) is 1.84. The third kappa shape index (κ3) is 2.02. The van der Waals surface area contributed by atoms with Gasteiger partial charge in [-0.3, -0.25) is 0 Å². The van der Waals surface area contributed by atoms with E-state index in [4.69, 9.17) is 5.73 Å². The predicted molar refractivity (Wildman–Crippen MR) is 59.8 cm³/mol. The van der Waals surface area contributed by atoms with Crippen LogP contribution < -0.4 is 11.1 Å². The fourth-order valence-corrected chi connectivity index (χ4v) is 1.26. The van der Waals surface area contributed by atoms with Gasteiger partial charge >= 0.3 is 0 Å². The molecule has 0 aliphatic carbocycles. The maximum atomic E-state index is 5.80. The molecule has 1 rings (SSSR count). The summed E-state index contributed by atoms with van der Waals surface area (Å²) in [6.45, 7) is 8.71. The van der Waals surface area contributed by atoms with Crippen molar-refractivity contribution in [1.82, 2.24) is 0 Å². The highest BCUT2D eigenvalue weighted by Crippen LogP contribution is 2.23. The number of benzene rings is 1. The zero-order chi connectivity index (χ0) is 9.84. The molecule has 0 fully saturated rings. The van der Waals surface area contributed by atoms with Crippen LogP contribution in [0.3, 0.4) is 0 Å². The first-order valence-electron chi connectivity index (χ1n) is 4.45. The Kier molecular flexibility index (Phi) is 2.96. The molecule has 0 radical (unpaired) electrons. The summed E-state index contributed by atoms with van der Waals surface area (Å²) in [6, 6.07) is 4.00. The summed E-state index contributed by atoms with van der Waals surface area (Å²) in [4.78, 5) is 0. The van der Waals surface area contributed by atoms with Crippen molar-refractivity contribution in [3.8, 4) is 0 Å². The van der Waals surface area contributed by atoms with E-state index in [-0.39, 0.29) is 0 Å². The van der Waals surface area contributed by atoms with Crippen LogP contribution in [0.1, 0.15) is 18.1 Å². The van der Waals surface area contributed by atoms with Gasteiger partial charge < -0.3 is 11.1 Å². The third-order valence-corrected chi connectivity index (χ3v) is 2.03. The standard InChI is InChI=1S/C11H16N2/c1-4-9-6-8(3)10(12)7-11(9)13-5-2/h4,6-7,13H,1,5,12H2,2-3H3. The second-order valence-electron chi connectivity index (χ2n) is 3.03. The van der Waals surface area contributed by atoms with E-state index in [1.807, 2.05) is 25.1 Å². The molecule has 0 aliphatic heterocycles. The van der Waals surface area contributed by atoms with Gasteiger partial charge in [0.05, 0.1) is 0 Å². The number of rotatable bonds is 3. The molecule has 0 aliphatic rings. The van der Waals surface area contributed by atoms with E-state index in [0.29, 0.717) is 0 Å². The van der Waals surface area contributed by atoms with Gasteiger partial charge in [-0.25, -0.2) is 0 Å². The SMILES string of the molecule is C=Cc1cc(C)c(N)cc1NCC. The van der Waals surface area contributed by atoms with Crippen LogP contribution in [-0.2, 0) is 0 Å². The number of aryl methyl sites for hydroxylation is 1. The monoisotopic (exact) mass is 176 g/mol. The van der Waals surface area contributed by atoms with Crippen molar-refractivity contribution in [3.05, 3.63) is 29.8 Å². The quantitative estimate of drug-likeness (QED) is 0.695. The Balaban J connectivity index is 3.16. The van der Waals surface area contributed by atoms with E-state index in [9.17, 15) is 0 Å². The number of anilines is 2. The Morgan fingerprint density at radius 1 is 1.54 bits per heavy atom. The Morgan fingerprint density at radius 2 is 2.23 bits per heavy atom. The van der Waals surface area contributed by atoms with Crippen molar-refractivity contribution in [3.63, 3.8) is 0 Å². The van der Waals surface area contributed by atoms with E-state index < -0.39 is 0 Å². The van der Waals surface area contributed by atoms with Gasteiger partial charge in [0.25, 0.3) is 0 Å². The first-order chi connectivity index (χ1) is 6.19. The summed E-state index contributed by atoms with van der Waals surface area (Å²) < 4.78 is 0. The molecule has 1 aromatic carbocycles. The first-order valence-corrected chi connectivity index (χ1v) is 4.45. The lowest BCUT2D eigenvalue weighted by Crippen LogP contribution is -2.01. The van der Waals surface area contributed by atoms with Gasteiger partial charge in [-0.2, -0.15) is 0 Å². The molecule has 3 N–H and O–H groups in total. The van der Waals surface area contributed by atoms with E-state index in [2.05, 4.69) is 18.8 Å². The smallest absolute Gasteiger partial charge is 0.0434 e. The number of nitrogens with two attached hydrogens (primary N) is 1. The zero-order valence-electron chi connectivity index (χ0n) is 8.22. The van der Waals surface area contributed by atoms with Crippen LogP contribution in [0.25, 0.3) is 6.08 Å². The number of nitrogens with one attached hydrogen (secondary N) is 1. The molecule has 1 aromatic rings. The topological polar surface area (TPSA) is 38.0 Å². The van der Waals surface area contributed by atoms with Gasteiger partial charge in [-0.15, -0.1) is 0 Å². The van der Waals surface area contributed by atoms with Crippen molar-refractivity contribution >= 4 is 17.5 Å². The van der Waals surface area contributed by atoms with E-state index in [1.165, 1.54) is 0 Å². The molecule has 0 unspecified atom stereocenters. The molecular formula is C11H16N2. The second kappa shape index (κ2) is 3.99. The van der Waals surface area contributed by atoms with Crippen molar-refractivity contribution in [2.45, 2.75) is 13.8 Å². The Labute approximate surface area is 79.5 Å². The highest BCUT2D eigenvalue weighted by Gasteiger charge is 2.01. The minimum atomic E-state index is 0.821. The van der Waals surface area contributed by atoms with Crippen LogP contribution >= 0.6 is 0 Å². The molecule has 0 aromatic heterocycles. The zero-order valence-corrected chi connectivity index (χ0v) is 8.22. The Bertz CT molecular complexity index is 316. The molecule has 0 saturated heterocycles. The molecule has 0 saturated carbocycles. The second-order valence-corrected chi connectivity index (χ2v) is 3.03. The minimum Gasteiger partial charge on any atom is -0.398 e. The van der Waals surface area contributed by atoms with Crippen molar-refractivity contribution in [2.75, 3.05) is 17.6 Å². The fourth-order valence-electron chi connectivity index (χ4n) is 1.26. The molecule has 2 heteroatoms. The van der Waals surface area contributed by atoms with Crippen LogP contribution in [0, 0.1) is 6.92 Å². The van der Waals surface area contributed by atoms with Crippen LogP contribution in [0.15, 0.2) is 18.7 Å². The van der Waals surface area contributed by atoms with E-state index >= 15 is 0 Å². The average Bonchev–Trinajstić information content (AvgIpc) is 2.11. The maximum Gasteiger partial charge on any atom is 0.0434 e. The van der Waals surface area contributed by atoms with Crippen molar-refractivity contribution < 1.29 is 0 Å². The summed E-state index contributed by atoms with van der Waals surface area (Å²) in [7, 11) is 0. The maximum absolute atomic E-state index is 5.80. The van der Waals surface area contributed by atoms with Crippen LogP contribution in [-0.4, -0.2) is 6.54 Å². The molecule has 0 bridgehead atoms. The fraction of sp³-hybridized carbons (Fsp3) is 0.273. The van der Waals surface area contributed by atoms with Crippen molar-refractivity contribution in [1.29, 1.82) is 0 Å². The van der Waals surface area contributed by atoms with E-state index in [0.717, 1.165) is 29.0 Å².